The molecule has 0 saturated carbocycles. The number of hydrazine groups is 1. The Kier molecular flexibility index (Phi) is 4.25. The van der Waals surface area contributed by atoms with Gasteiger partial charge in [-0.2, -0.15) is 0 Å². The van der Waals surface area contributed by atoms with Crippen molar-refractivity contribution < 1.29 is 14.3 Å². The van der Waals surface area contributed by atoms with Gasteiger partial charge >= 0.3 is 0 Å². The summed E-state index contributed by atoms with van der Waals surface area (Å²) in [6.45, 7) is 3.16. The summed E-state index contributed by atoms with van der Waals surface area (Å²) in [5.74, 6) is -0.715. The lowest BCUT2D eigenvalue weighted by atomic mass is 10.2. The van der Waals surface area contributed by atoms with Crippen LogP contribution in [0.2, 0.25) is 0 Å². The van der Waals surface area contributed by atoms with E-state index >= 15 is 0 Å². The summed E-state index contributed by atoms with van der Waals surface area (Å²) in [7, 11) is 0. The van der Waals surface area contributed by atoms with Crippen LogP contribution >= 0.6 is 11.3 Å². The number of nitrogens with zero attached hydrogens (tertiary/aromatic N) is 2. The van der Waals surface area contributed by atoms with Crippen LogP contribution in [0.25, 0.3) is 6.08 Å². The maximum Gasteiger partial charge on any atom is 0.282 e. The third kappa shape index (κ3) is 3.16. The number of hydrogen-bond donors (Lipinski definition) is 1. The Labute approximate surface area is 149 Å². The van der Waals surface area contributed by atoms with Crippen LogP contribution in [-0.2, 0) is 14.3 Å². The van der Waals surface area contributed by atoms with Crippen LogP contribution in [0, 0.1) is 0 Å². The molecule has 2 aromatic rings. The van der Waals surface area contributed by atoms with Crippen molar-refractivity contribution in [2.24, 2.45) is 0 Å². The van der Waals surface area contributed by atoms with Gasteiger partial charge in [0.25, 0.3) is 11.8 Å². The number of anilines is 2. The molecule has 1 N–H and O–H groups in total. The summed E-state index contributed by atoms with van der Waals surface area (Å²) < 4.78 is 5.37. The number of hydrogen-bond acceptors (Lipinski definition) is 5. The van der Waals surface area contributed by atoms with E-state index in [9.17, 15) is 9.59 Å². The summed E-state index contributed by atoms with van der Waals surface area (Å²) in [6.07, 6.45) is 1.66. The fourth-order valence-corrected chi connectivity index (χ4v) is 3.83. The fraction of sp³-hybridized carbons (Fsp3) is 0.222. The number of carbonyl (C=O) groups is 2. The van der Waals surface area contributed by atoms with Crippen LogP contribution in [-0.4, -0.2) is 38.1 Å². The lowest BCUT2D eigenvalue weighted by Crippen LogP contribution is -2.35. The predicted octanol–water partition coefficient (Wildman–Crippen LogP) is 2.05. The van der Waals surface area contributed by atoms with Crippen LogP contribution < -0.4 is 15.3 Å². The van der Waals surface area contributed by atoms with E-state index in [0.717, 1.165) is 36.2 Å². The quantitative estimate of drug-likeness (QED) is 0.676. The SMILES string of the molecule is O=C1NN(c2ccccc2)C(=O)/C1=C/c1ccc(N2CCOCC2)s1. The van der Waals surface area contributed by atoms with Gasteiger partial charge in [0, 0.05) is 18.0 Å². The molecule has 0 radical (unpaired) electrons. The second-order valence-corrected chi connectivity index (χ2v) is 6.84. The van der Waals surface area contributed by atoms with Gasteiger partial charge in [-0.1, -0.05) is 18.2 Å². The zero-order valence-corrected chi connectivity index (χ0v) is 14.3. The van der Waals surface area contributed by atoms with Gasteiger partial charge in [-0.25, -0.2) is 5.01 Å². The molecular weight excluding hydrogens is 338 g/mol. The van der Waals surface area contributed by atoms with Gasteiger partial charge in [0.2, 0.25) is 0 Å². The first-order valence-corrected chi connectivity index (χ1v) is 8.89. The average molecular weight is 355 g/mol. The fourth-order valence-electron chi connectivity index (χ4n) is 2.83. The maximum atomic E-state index is 12.6. The topological polar surface area (TPSA) is 61.9 Å². The van der Waals surface area contributed by atoms with E-state index in [0.29, 0.717) is 5.69 Å². The van der Waals surface area contributed by atoms with E-state index < -0.39 is 0 Å². The molecule has 1 aromatic carbocycles. The highest BCUT2D eigenvalue weighted by Gasteiger charge is 2.34. The van der Waals surface area contributed by atoms with Crippen molar-refractivity contribution in [3.05, 3.63) is 52.9 Å². The number of amides is 2. The summed E-state index contributed by atoms with van der Waals surface area (Å²) in [5, 5.41) is 2.41. The van der Waals surface area contributed by atoms with E-state index in [1.54, 1.807) is 29.5 Å². The van der Waals surface area contributed by atoms with Gasteiger partial charge in [-0.05, 0) is 30.3 Å². The van der Waals surface area contributed by atoms with Crippen molar-refractivity contribution in [1.29, 1.82) is 0 Å². The van der Waals surface area contributed by atoms with E-state index in [-0.39, 0.29) is 17.4 Å². The molecule has 0 atom stereocenters. The minimum Gasteiger partial charge on any atom is -0.378 e. The third-order valence-electron chi connectivity index (χ3n) is 4.13. The highest BCUT2D eigenvalue weighted by molar-refractivity contribution is 7.17. The van der Waals surface area contributed by atoms with Crippen LogP contribution in [0.3, 0.4) is 0 Å². The summed E-state index contributed by atoms with van der Waals surface area (Å²) >= 11 is 1.57. The molecule has 2 aliphatic heterocycles. The first kappa shape index (κ1) is 15.9. The molecule has 7 heteroatoms. The lowest BCUT2D eigenvalue weighted by Gasteiger charge is -2.27. The minimum atomic E-state index is -0.379. The third-order valence-corrected chi connectivity index (χ3v) is 5.22. The van der Waals surface area contributed by atoms with Crippen LogP contribution in [0.4, 0.5) is 10.7 Å². The molecule has 2 fully saturated rings. The highest BCUT2D eigenvalue weighted by Crippen LogP contribution is 2.29. The summed E-state index contributed by atoms with van der Waals surface area (Å²) in [4.78, 5) is 27.9. The second kappa shape index (κ2) is 6.70. The number of morpholine rings is 1. The van der Waals surface area contributed by atoms with Gasteiger partial charge in [-0.3, -0.25) is 15.0 Å². The van der Waals surface area contributed by atoms with Crippen molar-refractivity contribution in [3.8, 4) is 0 Å². The van der Waals surface area contributed by atoms with Crippen LogP contribution in [0.1, 0.15) is 4.88 Å². The molecule has 2 amide bonds. The molecule has 1 aromatic heterocycles. The molecule has 25 heavy (non-hydrogen) atoms. The Bertz CT molecular complexity index is 825. The molecule has 0 spiro atoms. The Hall–Kier alpha value is -2.64. The van der Waals surface area contributed by atoms with Gasteiger partial charge in [-0.15, -0.1) is 11.3 Å². The molecule has 4 rings (SSSR count). The van der Waals surface area contributed by atoms with Gasteiger partial charge in [0.1, 0.15) is 5.57 Å². The second-order valence-electron chi connectivity index (χ2n) is 5.75. The van der Waals surface area contributed by atoms with Crippen molar-refractivity contribution in [2.75, 3.05) is 36.2 Å². The maximum absolute atomic E-state index is 12.6. The summed E-state index contributed by atoms with van der Waals surface area (Å²) in [6, 6.07) is 13.0. The lowest BCUT2D eigenvalue weighted by molar-refractivity contribution is -0.117. The average Bonchev–Trinajstić information content (AvgIpc) is 3.23. The van der Waals surface area contributed by atoms with Gasteiger partial charge < -0.3 is 9.64 Å². The Morgan fingerprint density at radius 3 is 2.56 bits per heavy atom. The van der Waals surface area contributed by atoms with E-state index in [1.807, 2.05) is 30.3 Å². The van der Waals surface area contributed by atoms with Crippen LogP contribution in [0.15, 0.2) is 48.0 Å². The molecule has 0 bridgehead atoms. The zero-order valence-electron chi connectivity index (χ0n) is 13.5. The van der Waals surface area contributed by atoms with Crippen molar-refractivity contribution in [1.82, 2.24) is 5.43 Å². The zero-order chi connectivity index (χ0) is 17.2. The molecule has 0 aliphatic carbocycles. The Morgan fingerprint density at radius 2 is 1.80 bits per heavy atom. The van der Waals surface area contributed by atoms with E-state index in [4.69, 9.17) is 4.74 Å². The molecule has 0 unspecified atom stereocenters. The van der Waals surface area contributed by atoms with Crippen molar-refractivity contribution >= 4 is 39.9 Å². The highest BCUT2D eigenvalue weighted by atomic mass is 32.1. The first-order valence-electron chi connectivity index (χ1n) is 8.07. The molecule has 2 saturated heterocycles. The number of thiophene rings is 1. The number of para-hydroxylation sites is 1. The predicted molar refractivity (Wildman–Crippen MR) is 97.4 cm³/mol. The van der Waals surface area contributed by atoms with Crippen molar-refractivity contribution in [3.63, 3.8) is 0 Å². The van der Waals surface area contributed by atoms with Gasteiger partial charge in [0.05, 0.1) is 23.9 Å². The first-order chi connectivity index (χ1) is 12.2. The Balaban J connectivity index is 1.56. The molecule has 3 heterocycles. The molecule has 128 valence electrons. The minimum absolute atomic E-state index is 0.152. The van der Waals surface area contributed by atoms with Crippen molar-refractivity contribution in [2.45, 2.75) is 0 Å². The normalized spacial score (nSPS) is 19.6. The van der Waals surface area contributed by atoms with E-state index in [1.165, 1.54) is 5.01 Å². The number of carbonyl (C=O) groups excluding carboxylic acids is 2. The van der Waals surface area contributed by atoms with Crippen LogP contribution in [0.5, 0.6) is 0 Å². The molecule has 2 aliphatic rings. The Morgan fingerprint density at radius 1 is 1.04 bits per heavy atom. The summed E-state index contributed by atoms with van der Waals surface area (Å²) in [5.41, 5.74) is 3.41. The van der Waals surface area contributed by atoms with E-state index in [2.05, 4.69) is 10.3 Å². The number of nitrogens with one attached hydrogen (secondary N) is 1. The number of rotatable bonds is 3. The smallest absolute Gasteiger partial charge is 0.282 e. The molecular formula is C18H17N3O3S. The standard InChI is InChI=1S/C18H17N3O3S/c22-17-15(18(23)21(19-17)13-4-2-1-3-5-13)12-14-6-7-16(25-14)20-8-10-24-11-9-20/h1-7,12H,8-11H2,(H,19,22)/b15-12+. The number of benzene rings is 1. The molecule has 6 nitrogen and oxygen atoms in total. The van der Waals surface area contributed by atoms with Gasteiger partial charge in [0.15, 0.2) is 0 Å². The largest absolute Gasteiger partial charge is 0.378 e. The number of ether oxygens (including phenoxy) is 1. The monoisotopic (exact) mass is 355 g/mol.